The van der Waals surface area contributed by atoms with E-state index in [0.29, 0.717) is 11.4 Å². The molecule has 0 aliphatic heterocycles. The number of hydrogen-bond acceptors (Lipinski definition) is 3. The number of benzene rings is 3. The van der Waals surface area contributed by atoms with Gasteiger partial charge in [0.05, 0.1) is 17.6 Å². The standard InChI is InChI=1S/C26H26N4O2/c1-17-9-4-5-12-20(17)26(32)27-15-23-28-21-13-6-7-14-22(21)30(23)16-24(31)29-25-18(2)10-8-11-19(25)3/h4-14H,15-16H2,1-3H3,(H,27,32)(H,29,31). The van der Waals surface area contributed by atoms with Gasteiger partial charge in [-0.25, -0.2) is 4.98 Å². The number of rotatable bonds is 6. The van der Waals surface area contributed by atoms with Crippen LogP contribution in [0, 0.1) is 20.8 Å². The van der Waals surface area contributed by atoms with Crippen LogP contribution in [-0.4, -0.2) is 21.4 Å². The Hall–Kier alpha value is -3.93. The first-order valence-electron chi connectivity index (χ1n) is 10.6. The van der Waals surface area contributed by atoms with Crippen molar-refractivity contribution in [2.75, 3.05) is 5.32 Å². The number of nitrogens with zero attached hydrogens (tertiary/aromatic N) is 2. The summed E-state index contributed by atoms with van der Waals surface area (Å²) in [4.78, 5) is 30.3. The normalized spacial score (nSPS) is 10.8. The molecule has 0 spiro atoms. The third-order valence-electron chi connectivity index (χ3n) is 5.58. The van der Waals surface area contributed by atoms with Crippen molar-refractivity contribution in [3.8, 4) is 0 Å². The summed E-state index contributed by atoms with van der Waals surface area (Å²) in [6.07, 6.45) is 0. The summed E-state index contributed by atoms with van der Waals surface area (Å²) in [5.41, 5.74) is 6.03. The minimum absolute atomic E-state index is 0.101. The van der Waals surface area contributed by atoms with Crippen LogP contribution in [0.3, 0.4) is 0 Å². The SMILES string of the molecule is Cc1ccccc1C(=O)NCc1nc2ccccc2n1CC(=O)Nc1c(C)cccc1C. The highest BCUT2D eigenvalue weighted by Crippen LogP contribution is 2.21. The summed E-state index contributed by atoms with van der Waals surface area (Å²) in [6, 6.07) is 21.0. The van der Waals surface area contributed by atoms with Crippen molar-refractivity contribution < 1.29 is 9.59 Å². The highest BCUT2D eigenvalue weighted by Gasteiger charge is 2.16. The fraction of sp³-hybridized carbons (Fsp3) is 0.192. The zero-order valence-electron chi connectivity index (χ0n) is 18.5. The molecule has 0 unspecified atom stereocenters. The number of nitrogens with one attached hydrogen (secondary N) is 2. The topological polar surface area (TPSA) is 76.0 Å². The summed E-state index contributed by atoms with van der Waals surface area (Å²) < 4.78 is 1.86. The second-order valence-corrected chi connectivity index (χ2v) is 7.92. The number of para-hydroxylation sites is 3. The van der Waals surface area contributed by atoms with Gasteiger partial charge in [0.1, 0.15) is 12.4 Å². The highest BCUT2D eigenvalue weighted by molar-refractivity contribution is 5.95. The monoisotopic (exact) mass is 426 g/mol. The van der Waals surface area contributed by atoms with E-state index in [1.807, 2.05) is 86.0 Å². The largest absolute Gasteiger partial charge is 0.345 e. The molecule has 6 nitrogen and oxygen atoms in total. The Kier molecular flexibility index (Phi) is 6.03. The molecule has 0 saturated heterocycles. The summed E-state index contributed by atoms with van der Waals surface area (Å²) in [5.74, 6) is 0.323. The lowest BCUT2D eigenvalue weighted by atomic mass is 10.1. The Morgan fingerprint density at radius 2 is 1.50 bits per heavy atom. The molecule has 0 saturated carbocycles. The molecule has 2 amide bonds. The van der Waals surface area contributed by atoms with E-state index in [2.05, 4.69) is 15.6 Å². The van der Waals surface area contributed by atoms with Crippen LogP contribution < -0.4 is 10.6 Å². The molecule has 1 heterocycles. The first kappa shape index (κ1) is 21.3. The van der Waals surface area contributed by atoms with Gasteiger partial charge in [-0.2, -0.15) is 0 Å². The Morgan fingerprint density at radius 1 is 0.844 bits per heavy atom. The van der Waals surface area contributed by atoms with Crippen molar-refractivity contribution in [3.63, 3.8) is 0 Å². The predicted octanol–water partition coefficient (Wildman–Crippen LogP) is 4.53. The molecule has 0 fully saturated rings. The van der Waals surface area contributed by atoms with Crippen LogP contribution in [0.1, 0.15) is 32.9 Å². The highest BCUT2D eigenvalue weighted by atomic mass is 16.2. The zero-order chi connectivity index (χ0) is 22.7. The van der Waals surface area contributed by atoms with E-state index >= 15 is 0 Å². The number of imidazole rings is 1. The Balaban J connectivity index is 1.57. The van der Waals surface area contributed by atoms with Gasteiger partial charge in [-0.3, -0.25) is 9.59 Å². The van der Waals surface area contributed by atoms with Crippen molar-refractivity contribution in [2.24, 2.45) is 0 Å². The van der Waals surface area contributed by atoms with Gasteiger partial charge in [0.2, 0.25) is 5.91 Å². The minimum atomic E-state index is -0.165. The number of fused-ring (bicyclic) bond motifs is 1. The van der Waals surface area contributed by atoms with Crippen LogP contribution in [-0.2, 0) is 17.9 Å². The molecule has 6 heteroatoms. The van der Waals surface area contributed by atoms with Gasteiger partial charge in [-0.05, 0) is 55.7 Å². The van der Waals surface area contributed by atoms with Gasteiger partial charge in [0.15, 0.2) is 0 Å². The second kappa shape index (κ2) is 9.06. The molecular formula is C26H26N4O2. The van der Waals surface area contributed by atoms with Crippen LogP contribution in [0.4, 0.5) is 5.69 Å². The van der Waals surface area contributed by atoms with E-state index in [1.165, 1.54) is 0 Å². The van der Waals surface area contributed by atoms with Gasteiger partial charge in [0.25, 0.3) is 5.91 Å². The van der Waals surface area contributed by atoms with E-state index in [1.54, 1.807) is 6.07 Å². The van der Waals surface area contributed by atoms with Gasteiger partial charge in [-0.15, -0.1) is 0 Å². The molecular weight excluding hydrogens is 400 g/mol. The van der Waals surface area contributed by atoms with Crippen molar-refractivity contribution >= 4 is 28.5 Å². The number of carbonyl (C=O) groups excluding carboxylic acids is 2. The average molecular weight is 427 g/mol. The molecule has 0 radical (unpaired) electrons. The smallest absolute Gasteiger partial charge is 0.251 e. The summed E-state index contributed by atoms with van der Waals surface area (Å²) in [7, 11) is 0. The molecule has 3 aromatic carbocycles. The Bertz CT molecular complexity index is 1290. The quantitative estimate of drug-likeness (QED) is 0.476. The summed E-state index contributed by atoms with van der Waals surface area (Å²) in [6.45, 7) is 6.17. The third-order valence-corrected chi connectivity index (χ3v) is 5.58. The first-order chi connectivity index (χ1) is 15.4. The maximum Gasteiger partial charge on any atom is 0.251 e. The molecule has 0 aliphatic rings. The number of aryl methyl sites for hydroxylation is 3. The molecule has 4 rings (SSSR count). The number of aromatic nitrogens is 2. The Labute approximate surface area is 187 Å². The number of amides is 2. The van der Waals surface area contributed by atoms with E-state index < -0.39 is 0 Å². The molecule has 32 heavy (non-hydrogen) atoms. The van der Waals surface area contributed by atoms with Crippen molar-refractivity contribution in [1.29, 1.82) is 0 Å². The fourth-order valence-electron chi connectivity index (χ4n) is 3.85. The van der Waals surface area contributed by atoms with Gasteiger partial charge in [0, 0.05) is 11.3 Å². The van der Waals surface area contributed by atoms with Crippen LogP contribution in [0.5, 0.6) is 0 Å². The van der Waals surface area contributed by atoms with E-state index in [9.17, 15) is 9.59 Å². The van der Waals surface area contributed by atoms with Gasteiger partial charge in [-0.1, -0.05) is 48.5 Å². The lowest BCUT2D eigenvalue weighted by Crippen LogP contribution is -2.27. The van der Waals surface area contributed by atoms with Crippen molar-refractivity contribution in [1.82, 2.24) is 14.9 Å². The van der Waals surface area contributed by atoms with Gasteiger partial charge < -0.3 is 15.2 Å². The molecule has 0 bridgehead atoms. The van der Waals surface area contributed by atoms with Crippen LogP contribution in [0.25, 0.3) is 11.0 Å². The third kappa shape index (κ3) is 4.39. The van der Waals surface area contributed by atoms with Gasteiger partial charge >= 0.3 is 0 Å². The number of anilines is 1. The molecule has 162 valence electrons. The average Bonchev–Trinajstić information content (AvgIpc) is 3.12. The second-order valence-electron chi connectivity index (χ2n) is 7.92. The maximum atomic E-state index is 12.9. The van der Waals surface area contributed by atoms with E-state index in [4.69, 9.17) is 0 Å². The van der Waals surface area contributed by atoms with E-state index in [0.717, 1.165) is 33.4 Å². The van der Waals surface area contributed by atoms with E-state index in [-0.39, 0.29) is 24.9 Å². The lowest BCUT2D eigenvalue weighted by molar-refractivity contribution is -0.116. The first-order valence-corrected chi connectivity index (χ1v) is 10.6. The zero-order valence-corrected chi connectivity index (χ0v) is 18.5. The molecule has 4 aromatic rings. The van der Waals surface area contributed by atoms with Crippen LogP contribution in [0.2, 0.25) is 0 Å². The van der Waals surface area contributed by atoms with Crippen molar-refractivity contribution in [3.05, 3.63) is 94.8 Å². The Morgan fingerprint density at radius 3 is 2.25 bits per heavy atom. The number of carbonyl (C=O) groups is 2. The van der Waals surface area contributed by atoms with Crippen LogP contribution >= 0.6 is 0 Å². The molecule has 0 aliphatic carbocycles. The lowest BCUT2D eigenvalue weighted by Gasteiger charge is -2.14. The summed E-state index contributed by atoms with van der Waals surface area (Å²) >= 11 is 0. The van der Waals surface area contributed by atoms with Crippen LogP contribution in [0.15, 0.2) is 66.7 Å². The molecule has 1 aromatic heterocycles. The summed E-state index contributed by atoms with van der Waals surface area (Å²) in [5, 5.41) is 5.98. The number of hydrogen-bond donors (Lipinski definition) is 2. The predicted molar refractivity (Wildman–Crippen MR) is 127 cm³/mol. The fourth-order valence-corrected chi connectivity index (χ4v) is 3.85. The minimum Gasteiger partial charge on any atom is -0.345 e. The maximum absolute atomic E-state index is 12.9. The molecule has 0 atom stereocenters. The molecule has 2 N–H and O–H groups in total. The van der Waals surface area contributed by atoms with Crippen molar-refractivity contribution in [2.45, 2.75) is 33.9 Å².